The van der Waals surface area contributed by atoms with Crippen LogP contribution in [-0.2, 0) is 11.8 Å². The second-order valence-electron chi connectivity index (χ2n) is 3.97. The fourth-order valence-electron chi connectivity index (χ4n) is 1.57. The summed E-state index contributed by atoms with van der Waals surface area (Å²) >= 11 is 0. The van der Waals surface area contributed by atoms with Gasteiger partial charge in [0.1, 0.15) is 5.75 Å². The average molecular weight is 257 g/mol. The van der Waals surface area contributed by atoms with Gasteiger partial charge in [0.15, 0.2) is 5.82 Å². The van der Waals surface area contributed by atoms with E-state index in [1.807, 2.05) is 24.3 Å². The average Bonchev–Trinajstić information content (AvgIpc) is 2.82. The normalized spacial score (nSPS) is 10.6. The summed E-state index contributed by atoms with van der Waals surface area (Å²) < 4.78 is 6.74. The molecule has 1 aromatic carbocycles. The lowest BCUT2D eigenvalue weighted by atomic mass is 10.2. The Morgan fingerprint density at radius 1 is 1.42 bits per heavy atom. The maximum atomic E-state index is 11.7. The molecule has 0 spiro atoms. The lowest BCUT2D eigenvalue weighted by molar-refractivity contribution is -0.111. The van der Waals surface area contributed by atoms with E-state index in [4.69, 9.17) is 4.74 Å². The topological polar surface area (TPSA) is 56.1 Å². The molecule has 0 radical (unpaired) electrons. The van der Waals surface area contributed by atoms with E-state index >= 15 is 0 Å². The van der Waals surface area contributed by atoms with Crippen molar-refractivity contribution in [3.8, 4) is 5.75 Å². The van der Waals surface area contributed by atoms with E-state index in [9.17, 15) is 4.79 Å². The van der Waals surface area contributed by atoms with Crippen LogP contribution in [0.3, 0.4) is 0 Å². The van der Waals surface area contributed by atoms with Gasteiger partial charge in [-0.25, -0.2) is 0 Å². The lowest BCUT2D eigenvalue weighted by Crippen LogP contribution is -2.08. The first-order chi connectivity index (χ1) is 9.17. The number of carbonyl (C=O) groups excluding carboxylic acids is 1. The van der Waals surface area contributed by atoms with Gasteiger partial charge in [-0.05, 0) is 23.8 Å². The molecule has 0 atom stereocenters. The van der Waals surface area contributed by atoms with Crippen molar-refractivity contribution in [2.24, 2.45) is 7.05 Å². The van der Waals surface area contributed by atoms with Crippen molar-refractivity contribution < 1.29 is 9.53 Å². The van der Waals surface area contributed by atoms with Crippen molar-refractivity contribution in [3.63, 3.8) is 0 Å². The molecule has 0 saturated heterocycles. The van der Waals surface area contributed by atoms with Crippen LogP contribution in [0.15, 0.2) is 42.6 Å². The van der Waals surface area contributed by atoms with Crippen LogP contribution in [0.1, 0.15) is 5.56 Å². The molecule has 0 bridgehead atoms. The molecule has 0 fully saturated rings. The Balaban J connectivity index is 1.99. The highest BCUT2D eigenvalue weighted by atomic mass is 16.5. The van der Waals surface area contributed by atoms with Crippen molar-refractivity contribution in [2.75, 3.05) is 12.4 Å². The van der Waals surface area contributed by atoms with E-state index in [1.54, 1.807) is 37.2 Å². The highest BCUT2D eigenvalue weighted by molar-refractivity contribution is 6.01. The number of anilines is 1. The smallest absolute Gasteiger partial charge is 0.249 e. The molecule has 1 N–H and O–H groups in total. The van der Waals surface area contributed by atoms with E-state index in [0.29, 0.717) is 5.82 Å². The lowest BCUT2D eigenvalue weighted by Gasteiger charge is -2.00. The number of benzene rings is 1. The first-order valence-corrected chi connectivity index (χ1v) is 5.80. The van der Waals surface area contributed by atoms with Gasteiger partial charge >= 0.3 is 0 Å². The molecule has 0 aliphatic carbocycles. The molecule has 2 rings (SSSR count). The Bertz CT molecular complexity index is 602. The molecule has 5 nitrogen and oxygen atoms in total. The zero-order valence-electron chi connectivity index (χ0n) is 10.8. The number of nitrogens with one attached hydrogen (secondary N) is 1. The third kappa shape index (κ3) is 3.70. The molecule has 0 unspecified atom stereocenters. The van der Waals surface area contributed by atoms with Crippen LogP contribution >= 0.6 is 0 Å². The van der Waals surface area contributed by atoms with Gasteiger partial charge in [0.2, 0.25) is 5.91 Å². The van der Waals surface area contributed by atoms with Gasteiger partial charge in [-0.1, -0.05) is 12.1 Å². The standard InChI is InChI=1S/C14H15N3O2/c1-17-9-8-13(16-17)15-14(18)7-6-11-4-3-5-12(10-11)19-2/h3-10H,1-2H3,(H,15,16,18)/b7-6+. The Hall–Kier alpha value is -2.56. The molecule has 1 amide bonds. The van der Waals surface area contributed by atoms with Gasteiger partial charge in [-0.15, -0.1) is 0 Å². The summed E-state index contributed by atoms with van der Waals surface area (Å²) in [7, 11) is 3.40. The first-order valence-electron chi connectivity index (χ1n) is 5.80. The summed E-state index contributed by atoms with van der Waals surface area (Å²) in [6.45, 7) is 0. The number of carbonyl (C=O) groups is 1. The van der Waals surface area contributed by atoms with E-state index in [-0.39, 0.29) is 5.91 Å². The predicted octanol–water partition coefficient (Wildman–Crippen LogP) is 2.08. The summed E-state index contributed by atoms with van der Waals surface area (Å²) in [5.74, 6) is 1.07. The quantitative estimate of drug-likeness (QED) is 0.853. The van der Waals surface area contributed by atoms with Crippen LogP contribution in [-0.4, -0.2) is 22.8 Å². The van der Waals surface area contributed by atoms with Gasteiger partial charge in [0, 0.05) is 25.4 Å². The largest absolute Gasteiger partial charge is 0.497 e. The summed E-state index contributed by atoms with van der Waals surface area (Å²) in [5, 5.41) is 6.74. The minimum atomic E-state index is -0.221. The predicted molar refractivity (Wildman–Crippen MR) is 73.9 cm³/mol. The molecule has 1 heterocycles. The fraction of sp³-hybridized carbons (Fsp3) is 0.143. The summed E-state index contributed by atoms with van der Waals surface area (Å²) in [4.78, 5) is 11.7. The van der Waals surface area contributed by atoms with Gasteiger partial charge in [-0.3, -0.25) is 9.48 Å². The molecular weight excluding hydrogens is 242 g/mol. The maximum Gasteiger partial charge on any atom is 0.249 e. The third-order valence-corrected chi connectivity index (χ3v) is 2.49. The monoisotopic (exact) mass is 257 g/mol. The molecule has 98 valence electrons. The molecule has 0 aliphatic heterocycles. The van der Waals surface area contributed by atoms with Crippen LogP contribution in [0.2, 0.25) is 0 Å². The van der Waals surface area contributed by atoms with E-state index < -0.39 is 0 Å². The Morgan fingerprint density at radius 2 is 2.26 bits per heavy atom. The van der Waals surface area contributed by atoms with Crippen molar-refractivity contribution >= 4 is 17.8 Å². The fourth-order valence-corrected chi connectivity index (χ4v) is 1.57. The van der Waals surface area contributed by atoms with E-state index in [2.05, 4.69) is 10.4 Å². The molecule has 0 aliphatic rings. The van der Waals surface area contributed by atoms with Crippen LogP contribution in [0, 0.1) is 0 Å². The van der Waals surface area contributed by atoms with Crippen LogP contribution in [0.25, 0.3) is 6.08 Å². The van der Waals surface area contributed by atoms with Crippen LogP contribution in [0.5, 0.6) is 5.75 Å². The molecular formula is C14H15N3O2. The van der Waals surface area contributed by atoms with Crippen molar-refractivity contribution in [2.45, 2.75) is 0 Å². The van der Waals surface area contributed by atoms with Crippen molar-refractivity contribution in [1.82, 2.24) is 9.78 Å². The summed E-state index contributed by atoms with van der Waals surface area (Å²) in [5.41, 5.74) is 0.899. The van der Waals surface area contributed by atoms with Gasteiger partial charge in [-0.2, -0.15) is 5.10 Å². The number of nitrogens with zero attached hydrogens (tertiary/aromatic N) is 2. The highest BCUT2D eigenvalue weighted by Crippen LogP contribution is 2.13. The number of hydrogen-bond donors (Lipinski definition) is 1. The number of aryl methyl sites for hydroxylation is 1. The number of rotatable bonds is 4. The van der Waals surface area contributed by atoms with Crippen LogP contribution in [0.4, 0.5) is 5.82 Å². The second kappa shape index (κ2) is 5.86. The SMILES string of the molecule is COc1cccc(/C=C/C(=O)Nc2ccn(C)n2)c1. The summed E-state index contributed by atoms with van der Waals surface area (Å²) in [6, 6.07) is 9.20. The highest BCUT2D eigenvalue weighted by Gasteiger charge is 2.00. The molecule has 5 heteroatoms. The molecule has 1 aromatic heterocycles. The number of aromatic nitrogens is 2. The number of hydrogen-bond acceptors (Lipinski definition) is 3. The number of amides is 1. The first kappa shape index (κ1) is 12.9. The summed E-state index contributed by atoms with van der Waals surface area (Å²) in [6.07, 6.45) is 4.95. The van der Waals surface area contributed by atoms with E-state index in [0.717, 1.165) is 11.3 Å². The number of ether oxygens (including phenoxy) is 1. The Morgan fingerprint density at radius 3 is 2.95 bits per heavy atom. The molecule has 2 aromatic rings. The zero-order valence-corrected chi connectivity index (χ0v) is 10.8. The van der Waals surface area contributed by atoms with Gasteiger partial charge in [0.25, 0.3) is 0 Å². The van der Waals surface area contributed by atoms with Crippen molar-refractivity contribution in [3.05, 3.63) is 48.2 Å². The second-order valence-corrected chi connectivity index (χ2v) is 3.97. The molecule has 0 saturated carbocycles. The van der Waals surface area contributed by atoms with Crippen LogP contribution < -0.4 is 10.1 Å². The molecule has 19 heavy (non-hydrogen) atoms. The van der Waals surface area contributed by atoms with Gasteiger partial charge in [0.05, 0.1) is 7.11 Å². The minimum Gasteiger partial charge on any atom is -0.497 e. The minimum absolute atomic E-state index is 0.221. The zero-order chi connectivity index (χ0) is 13.7. The van der Waals surface area contributed by atoms with Gasteiger partial charge < -0.3 is 10.1 Å². The van der Waals surface area contributed by atoms with E-state index in [1.165, 1.54) is 6.08 Å². The number of methoxy groups -OCH3 is 1. The third-order valence-electron chi connectivity index (χ3n) is 2.49. The Kier molecular flexibility index (Phi) is 3.97. The maximum absolute atomic E-state index is 11.7. The van der Waals surface area contributed by atoms with Crippen molar-refractivity contribution in [1.29, 1.82) is 0 Å². The Labute approximate surface area is 111 Å².